The summed E-state index contributed by atoms with van der Waals surface area (Å²) in [6.07, 6.45) is -2.20. The van der Waals surface area contributed by atoms with Crippen LogP contribution in [0.4, 0.5) is 19.0 Å². The second kappa shape index (κ2) is 4.29. The van der Waals surface area contributed by atoms with Gasteiger partial charge in [-0.15, -0.1) is 0 Å². The van der Waals surface area contributed by atoms with Crippen molar-refractivity contribution in [1.82, 2.24) is 10.2 Å². The van der Waals surface area contributed by atoms with Crippen LogP contribution in [0.5, 0.6) is 0 Å². The Labute approximate surface area is 107 Å². The number of H-pyrrole nitrogens is 1. The van der Waals surface area contributed by atoms with E-state index in [1.807, 2.05) is 0 Å². The number of anilines is 1. The van der Waals surface area contributed by atoms with Crippen molar-refractivity contribution >= 4 is 5.82 Å². The van der Waals surface area contributed by atoms with Crippen molar-refractivity contribution in [3.63, 3.8) is 0 Å². The molecule has 1 saturated carbocycles. The van der Waals surface area contributed by atoms with E-state index in [4.69, 9.17) is 0 Å². The van der Waals surface area contributed by atoms with Gasteiger partial charge in [0.15, 0.2) is 0 Å². The number of hydrogen-bond acceptors (Lipinski definition) is 2. The summed E-state index contributed by atoms with van der Waals surface area (Å²) in [7, 11) is 0. The van der Waals surface area contributed by atoms with E-state index < -0.39 is 11.7 Å². The molecule has 1 aliphatic rings. The van der Waals surface area contributed by atoms with E-state index in [9.17, 15) is 13.2 Å². The fourth-order valence-electron chi connectivity index (χ4n) is 1.94. The summed E-state index contributed by atoms with van der Waals surface area (Å²) in [4.78, 5) is 0. The number of aromatic amines is 1. The van der Waals surface area contributed by atoms with E-state index in [0.717, 1.165) is 18.9 Å². The molecule has 100 valence electrons. The molecule has 2 aromatic rings. The smallest absolute Gasteiger partial charge is 0.366 e. The molecule has 1 fully saturated rings. The maximum atomic E-state index is 12.9. The summed E-state index contributed by atoms with van der Waals surface area (Å²) in [5.74, 6) is 0.592. The maximum Gasteiger partial charge on any atom is 0.417 e. The van der Waals surface area contributed by atoms with Crippen molar-refractivity contribution in [2.45, 2.75) is 25.1 Å². The molecule has 6 heteroatoms. The van der Waals surface area contributed by atoms with Crippen LogP contribution < -0.4 is 5.32 Å². The third-order valence-corrected chi connectivity index (χ3v) is 3.03. The van der Waals surface area contributed by atoms with Crippen LogP contribution in [-0.4, -0.2) is 16.2 Å². The predicted molar refractivity (Wildman–Crippen MR) is 65.7 cm³/mol. The maximum absolute atomic E-state index is 12.9. The van der Waals surface area contributed by atoms with Gasteiger partial charge in [-0.25, -0.2) is 0 Å². The van der Waals surface area contributed by atoms with Crippen molar-refractivity contribution in [3.8, 4) is 11.3 Å². The van der Waals surface area contributed by atoms with Crippen LogP contribution in [-0.2, 0) is 6.18 Å². The average Bonchev–Trinajstić information content (AvgIpc) is 3.04. The minimum atomic E-state index is -4.37. The lowest BCUT2D eigenvalue weighted by atomic mass is 10.0. The average molecular weight is 267 g/mol. The lowest BCUT2D eigenvalue weighted by Gasteiger charge is -2.10. The van der Waals surface area contributed by atoms with Gasteiger partial charge < -0.3 is 5.32 Å². The third-order valence-electron chi connectivity index (χ3n) is 3.03. The van der Waals surface area contributed by atoms with E-state index in [1.54, 1.807) is 12.1 Å². The van der Waals surface area contributed by atoms with Crippen molar-refractivity contribution in [1.29, 1.82) is 0 Å². The first kappa shape index (κ1) is 12.1. The Balaban J connectivity index is 1.94. The van der Waals surface area contributed by atoms with Crippen LogP contribution in [0, 0.1) is 0 Å². The van der Waals surface area contributed by atoms with E-state index in [1.165, 1.54) is 12.1 Å². The van der Waals surface area contributed by atoms with E-state index in [0.29, 0.717) is 17.6 Å². The van der Waals surface area contributed by atoms with Gasteiger partial charge >= 0.3 is 6.18 Å². The molecule has 19 heavy (non-hydrogen) atoms. The molecule has 1 aromatic carbocycles. The number of nitrogens with one attached hydrogen (secondary N) is 2. The molecule has 2 N–H and O–H groups in total. The van der Waals surface area contributed by atoms with Crippen LogP contribution >= 0.6 is 0 Å². The van der Waals surface area contributed by atoms with Crippen molar-refractivity contribution < 1.29 is 13.2 Å². The minimum absolute atomic E-state index is 0.117. The zero-order valence-electron chi connectivity index (χ0n) is 9.96. The number of rotatable bonds is 3. The predicted octanol–water partition coefficient (Wildman–Crippen LogP) is 3.67. The number of aromatic nitrogens is 2. The van der Waals surface area contributed by atoms with Gasteiger partial charge in [-0.2, -0.15) is 18.3 Å². The zero-order chi connectivity index (χ0) is 13.5. The van der Waals surface area contributed by atoms with Gasteiger partial charge in [0.2, 0.25) is 0 Å². The van der Waals surface area contributed by atoms with Crippen molar-refractivity contribution in [3.05, 3.63) is 35.9 Å². The largest absolute Gasteiger partial charge is 0.417 e. The molecule has 0 spiro atoms. The summed E-state index contributed by atoms with van der Waals surface area (Å²) in [5.41, 5.74) is -0.168. The highest BCUT2D eigenvalue weighted by atomic mass is 19.4. The Kier molecular flexibility index (Phi) is 2.73. The first-order valence-corrected chi connectivity index (χ1v) is 6.02. The molecule has 1 aliphatic carbocycles. The zero-order valence-corrected chi connectivity index (χ0v) is 9.96. The van der Waals surface area contributed by atoms with Gasteiger partial charge in [0.1, 0.15) is 5.82 Å². The van der Waals surface area contributed by atoms with Crippen molar-refractivity contribution in [2.24, 2.45) is 0 Å². The fraction of sp³-hybridized carbons (Fsp3) is 0.308. The van der Waals surface area contributed by atoms with Gasteiger partial charge in [-0.05, 0) is 18.9 Å². The highest BCUT2D eigenvalue weighted by Crippen LogP contribution is 2.37. The first-order valence-electron chi connectivity index (χ1n) is 6.02. The van der Waals surface area contributed by atoms with E-state index >= 15 is 0 Å². The highest BCUT2D eigenvalue weighted by Gasteiger charge is 2.33. The topological polar surface area (TPSA) is 40.7 Å². The summed E-state index contributed by atoms with van der Waals surface area (Å²) < 4.78 is 38.7. The first-order chi connectivity index (χ1) is 9.04. The van der Waals surface area contributed by atoms with Crippen LogP contribution in [0.15, 0.2) is 30.3 Å². The minimum Gasteiger partial charge on any atom is -0.366 e. The Hall–Kier alpha value is -1.98. The lowest BCUT2D eigenvalue weighted by Crippen LogP contribution is -2.06. The van der Waals surface area contributed by atoms with Gasteiger partial charge in [-0.3, -0.25) is 5.10 Å². The summed E-state index contributed by atoms with van der Waals surface area (Å²) in [5, 5.41) is 9.79. The molecule has 3 rings (SSSR count). The van der Waals surface area contributed by atoms with E-state index in [-0.39, 0.29) is 5.56 Å². The molecule has 0 bridgehead atoms. The lowest BCUT2D eigenvalue weighted by molar-refractivity contribution is -0.137. The van der Waals surface area contributed by atoms with Crippen LogP contribution in [0.2, 0.25) is 0 Å². The van der Waals surface area contributed by atoms with Crippen LogP contribution in [0.3, 0.4) is 0 Å². The number of nitrogens with zero attached hydrogens (tertiary/aromatic N) is 1. The standard InChI is InChI=1S/C13H12F3N3/c14-13(15,16)10-4-2-1-3-9(10)11-7-12(19-18-11)17-8-5-6-8/h1-4,7-8H,5-6H2,(H2,17,18,19). The summed E-state index contributed by atoms with van der Waals surface area (Å²) in [6, 6.07) is 7.50. The third kappa shape index (κ3) is 2.57. The molecule has 1 heterocycles. The number of alkyl halides is 3. The molecule has 0 radical (unpaired) electrons. The monoisotopic (exact) mass is 267 g/mol. The molecule has 0 atom stereocenters. The Morgan fingerprint density at radius 1 is 1.21 bits per heavy atom. The highest BCUT2D eigenvalue weighted by molar-refractivity contribution is 5.67. The molecule has 1 aromatic heterocycles. The Morgan fingerprint density at radius 2 is 1.95 bits per heavy atom. The molecule has 3 nitrogen and oxygen atoms in total. The van der Waals surface area contributed by atoms with Crippen LogP contribution in [0.25, 0.3) is 11.3 Å². The number of hydrogen-bond donors (Lipinski definition) is 2. The van der Waals surface area contributed by atoms with Gasteiger partial charge in [-0.1, -0.05) is 18.2 Å². The molecule has 0 amide bonds. The van der Waals surface area contributed by atoms with Crippen LogP contribution in [0.1, 0.15) is 18.4 Å². The molecule has 0 aliphatic heterocycles. The second-order valence-corrected chi connectivity index (χ2v) is 4.63. The molecule has 0 saturated heterocycles. The number of benzene rings is 1. The Morgan fingerprint density at radius 3 is 2.63 bits per heavy atom. The van der Waals surface area contributed by atoms with Gasteiger partial charge in [0.05, 0.1) is 11.3 Å². The SMILES string of the molecule is FC(F)(F)c1ccccc1-c1cc(NC2CC2)n[nH]1. The second-order valence-electron chi connectivity index (χ2n) is 4.63. The van der Waals surface area contributed by atoms with Gasteiger partial charge in [0, 0.05) is 17.7 Å². The van der Waals surface area contributed by atoms with Crippen molar-refractivity contribution in [2.75, 3.05) is 5.32 Å². The quantitative estimate of drug-likeness (QED) is 0.890. The van der Waals surface area contributed by atoms with E-state index in [2.05, 4.69) is 15.5 Å². The Bertz CT molecular complexity index is 585. The molecule has 0 unspecified atom stereocenters. The number of halogens is 3. The normalized spacial score (nSPS) is 15.5. The molecular weight excluding hydrogens is 255 g/mol. The summed E-state index contributed by atoms with van der Waals surface area (Å²) >= 11 is 0. The van der Waals surface area contributed by atoms with Gasteiger partial charge in [0.25, 0.3) is 0 Å². The fourth-order valence-corrected chi connectivity index (χ4v) is 1.94. The molecular formula is C13H12F3N3. The summed E-state index contributed by atoms with van der Waals surface area (Å²) in [6.45, 7) is 0.